The fourth-order valence-corrected chi connectivity index (χ4v) is 2.50. The van der Waals surface area contributed by atoms with E-state index < -0.39 is 24.0 Å². The lowest BCUT2D eigenvalue weighted by Gasteiger charge is -2.34. The number of carbonyl (C=O) groups excluding carboxylic acids is 1. The van der Waals surface area contributed by atoms with Crippen LogP contribution in [0.2, 0.25) is 0 Å². The summed E-state index contributed by atoms with van der Waals surface area (Å²) in [4.78, 5) is 13.0. The van der Waals surface area contributed by atoms with Crippen molar-refractivity contribution in [2.45, 2.75) is 44.8 Å². The summed E-state index contributed by atoms with van der Waals surface area (Å²) in [6.45, 7) is 3.81. The molecule has 3 N–H and O–H groups in total. The summed E-state index contributed by atoms with van der Waals surface area (Å²) in [5, 5.41) is 3.03. The summed E-state index contributed by atoms with van der Waals surface area (Å²) < 4.78 is 38.1. The molecule has 0 saturated carbocycles. The molecule has 1 amide bonds. The van der Waals surface area contributed by atoms with Crippen LogP contribution in [0.25, 0.3) is 0 Å². The van der Waals surface area contributed by atoms with Gasteiger partial charge in [0.1, 0.15) is 0 Å². The predicted octanol–water partition coefficient (Wildman–Crippen LogP) is 1.50. The van der Waals surface area contributed by atoms with E-state index in [1.54, 1.807) is 4.90 Å². The van der Waals surface area contributed by atoms with Crippen molar-refractivity contribution >= 4 is 5.91 Å². The molecule has 1 rings (SSSR count). The first-order chi connectivity index (χ1) is 9.34. The second-order valence-electron chi connectivity index (χ2n) is 5.38. The number of nitrogens with one attached hydrogen (secondary N) is 1. The van der Waals surface area contributed by atoms with Gasteiger partial charge in [-0.05, 0) is 38.8 Å². The number of piperidine rings is 1. The van der Waals surface area contributed by atoms with Crippen molar-refractivity contribution in [1.29, 1.82) is 0 Å². The number of hydrogen-bond donors (Lipinski definition) is 2. The molecule has 0 aromatic carbocycles. The molecule has 1 aliphatic heterocycles. The minimum atomic E-state index is -4.12. The highest BCUT2D eigenvalue weighted by Crippen LogP contribution is 2.33. The van der Waals surface area contributed by atoms with Gasteiger partial charge in [-0.25, -0.2) is 0 Å². The predicted molar refractivity (Wildman–Crippen MR) is 71.1 cm³/mol. The Labute approximate surface area is 117 Å². The molecule has 1 aliphatic rings. The number of carbonyl (C=O) groups is 1. The molecule has 0 aliphatic carbocycles. The Morgan fingerprint density at radius 1 is 1.50 bits per heavy atom. The number of alkyl halides is 3. The summed E-state index contributed by atoms with van der Waals surface area (Å²) in [5.41, 5.74) is 5.29. The third kappa shape index (κ3) is 5.66. The summed E-state index contributed by atoms with van der Waals surface area (Å²) in [6, 6.07) is -0.457. The molecule has 0 aromatic rings. The Morgan fingerprint density at radius 2 is 2.20 bits per heavy atom. The standard InChI is InChI=1S/C13H24F3N3O/c1-2-6-18-11(12(17)20)5-8-19-7-3-4-10(9-19)13(14,15)16/h10-11,18H,2-9H2,1H3,(H2,17,20). The third-order valence-electron chi connectivity index (χ3n) is 3.69. The van der Waals surface area contributed by atoms with Gasteiger partial charge in [-0.2, -0.15) is 13.2 Å². The van der Waals surface area contributed by atoms with E-state index in [0.717, 1.165) is 6.42 Å². The Morgan fingerprint density at radius 3 is 2.75 bits per heavy atom. The SMILES string of the molecule is CCCNC(CCN1CCCC(C(F)(F)F)C1)C(N)=O. The molecular weight excluding hydrogens is 271 g/mol. The molecule has 0 spiro atoms. The van der Waals surface area contributed by atoms with Crippen molar-refractivity contribution in [1.82, 2.24) is 10.2 Å². The van der Waals surface area contributed by atoms with E-state index in [-0.39, 0.29) is 13.0 Å². The number of rotatable bonds is 7. The van der Waals surface area contributed by atoms with E-state index in [2.05, 4.69) is 5.32 Å². The molecule has 20 heavy (non-hydrogen) atoms. The van der Waals surface area contributed by atoms with Crippen molar-refractivity contribution in [2.75, 3.05) is 26.2 Å². The van der Waals surface area contributed by atoms with E-state index in [4.69, 9.17) is 5.73 Å². The lowest BCUT2D eigenvalue weighted by Crippen LogP contribution is -2.46. The molecule has 118 valence electrons. The first-order valence-electron chi connectivity index (χ1n) is 7.16. The maximum Gasteiger partial charge on any atom is 0.393 e. The van der Waals surface area contributed by atoms with Crippen LogP contribution in [0.3, 0.4) is 0 Å². The zero-order chi connectivity index (χ0) is 15.2. The monoisotopic (exact) mass is 295 g/mol. The highest BCUT2D eigenvalue weighted by molar-refractivity contribution is 5.79. The minimum absolute atomic E-state index is 0.0305. The number of nitrogens with two attached hydrogens (primary N) is 1. The largest absolute Gasteiger partial charge is 0.393 e. The number of likely N-dealkylation sites (tertiary alicyclic amines) is 1. The van der Waals surface area contributed by atoms with E-state index in [0.29, 0.717) is 32.5 Å². The van der Waals surface area contributed by atoms with Gasteiger partial charge in [0.25, 0.3) is 0 Å². The van der Waals surface area contributed by atoms with Gasteiger partial charge in [0.05, 0.1) is 12.0 Å². The van der Waals surface area contributed by atoms with Crippen LogP contribution in [-0.2, 0) is 4.79 Å². The summed E-state index contributed by atoms with van der Waals surface area (Å²) >= 11 is 0. The van der Waals surface area contributed by atoms with Crippen LogP contribution >= 0.6 is 0 Å². The van der Waals surface area contributed by atoms with E-state index in [9.17, 15) is 18.0 Å². The number of primary amides is 1. The fourth-order valence-electron chi connectivity index (χ4n) is 2.50. The normalized spacial score (nSPS) is 22.7. The maximum atomic E-state index is 12.7. The molecule has 0 aromatic heterocycles. The van der Waals surface area contributed by atoms with Gasteiger partial charge in [-0.3, -0.25) is 4.79 Å². The molecular formula is C13H24F3N3O. The summed E-state index contributed by atoms with van der Waals surface area (Å²) in [7, 11) is 0. The molecule has 4 nitrogen and oxygen atoms in total. The van der Waals surface area contributed by atoms with Crippen molar-refractivity contribution < 1.29 is 18.0 Å². The quantitative estimate of drug-likeness (QED) is 0.748. The molecule has 1 heterocycles. The van der Waals surface area contributed by atoms with Gasteiger partial charge in [-0.15, -0.1) is 0 Å². The van der Waals surface area contributed by atoms with Crippen molar-refractivity contribution in [2.24, 2.45) is 11.7 Å². The van der Waals surface area contributed by atoms with Crippen molar-refractivity contribution in [3.63, 3.8) is 0 Å². The van der Waals surface area contributed by atoms with Crippen LogP contribution in [0.1, 0.15) is 32.6 Å². The smallest absolute Gasteiger partial charge is 0.368 e. The first-order valence-corrected chi connectivity index (χ1v) is 7.16. The first kappa shape index (κ1) is 17.2. The molecule has 7 heteroatoms. The molecule has 0 radical (unpaired) electrons. The average molecular weight is 295 g/mol. The topological polar surface area (TPSA) is 58.4 Å². The zero-order valence-electron chi connectivity index (χ0n) is 11.9. The number of halogens is 3. The lowest BCUT2D eigenvalue weighted by atomic mass is 9.97. The van der Waals surface area contributed by atoms with Gasteiger partial charge in [-0.1, -0.05) is 6.92 Å². The second-order valence-corrected chi connectivity index (χ2v) is 5.38. The molecule has 1 saturated heterocycles. The van der Waals surface area contributed by atoms with Crippen LogP contribution in [0.5, 0.6) is 0 Å². The number of hydrogen-bond acceptors (Lipinski definition) is 3. The number of nitrogens with zero attached hydrogens (tertiary/aromatic N) is 1. The molecule has 0 bridgehead atoms. The van der Waals surface area contributed by atoms with Crippen LogP contribution < -0.4 is 11.1 Å². The van der Waals surface area contributed by atoms with E-state index in [1.165, 1.54) is 0 Å². The van der Waals surface area contributed by atoms with Crippen LogP contribution in [0.15, 0.2) is 0 Å². The molecule has 1 fully saturated rings. The van der Waals surface area contributed by atoms with Crippen LogP contribution in [-0.4, -0.2) is 49.2 Å². The summed E-state index contributed by atoms with van der Waals surface area (Å²) in [6.07, 6.45) is -2.03. The van der Waals surface area contributed by atoms with Crippen molar-refractivity contribution in [3.05, 3.63) is 0 Å². The van der Waals surface area contributed by atoms with Crippen LogP contribution in [0.4, 0.5) is 13.2 Å². The highest BCUT2D eigenvalue weighted by Gasteiger charge is 2.41. The fraction of sp³-hybridized carbons (Fsp3) is 0.923. The minimum Gasteiger partial charge on any atom is -0.368 e. The summed E-state index contributed by atoms with van der Waals surface area (Å²) in [5.74, 6) is -1.69. The van der Waals surface area contributed by atoms with Gasteiger partial charge >= 0.3 is 6.18 Å². The van der Waals surface area contributed by atoms with Crippen molar-refractivity contribution in [3.8, 4) is 0 Å². The highest BCUT2D eigenvalue weighted by atomic mass is 19.4. The van der Waals surface area contributed by atoms with Gasteiger partial charge < -0.3 is 16.0 Å². The van der Waals surface area contributed by atoms with Gasteiger partial charge in [0, 0.05) is 13.1 Å². The second kappa shape index (κ2) is 7.83. The molecule has 2 unspecified atom stereocenters. The van der Waals surface area contributed by atoms with Crippen LogP contribution in [0, 0.1) is 5.92 Å². The van der Waals surface area contributed by atoms with E-state index >= 15 is 0 Å². The Balaban J connectivity index is 2.41. The molecule has 2 atom stereocenters. The Bertz CT molecular complexity index is 310. The Hall–Kier alpha value is -0.820. The average Bonchev–Trinajstić information content (AvgIpc) is 2.37. The van der Waals surface area contributed by atoms with Gasteiger partial charge in [0.2, 0.25) is 5.91 Å². The lowest BCUT2D eigenvalue weighted by molar-refractivity contribution is -0.186. The Kier molecular flexibility index (Phi) is 6.75. The third-order valence-corrected chi connectivity index (χ3v) is 3.69. The van der Waals surface area contributed by atoms with E-state index in [1.807, 2.05) is 6.92 Å². The zero-order valence-corrected chi connectivity index (χ0v) is 11.9. The number of amides is 1. The maximum absolute atomic E-state index is 12.7. The van der Waals surface area contributed by atoms with Gasteiger partial charge in [0.15, 0.2) is 0 Å².